The van der Waals surface area contributed by atoms with Gasteiger partial charge in [0.05, 0.1) is 33.4 Å². The molecule has 2 heterocycles. The first-order chi connectivity index (χ1) is 44.5. The Morgan fingerprint density at radius 1 is 0.244 bits per heavy atom. The van der Waals surface area contributed by atoms with Gasteiger partial charge in [0.2, 0.25) is 0 Å². The number of hydrogen-bond donors (Lipinski definition) is 0. The first kappa shape index (κ1) is 51.5. The molecule has 90 heavy (non-hydrogen) atoms. The summed E-state index contributed by atoms with van der Waals surface area (Å²) in [4.78, 5) is 0. The van der Waals surface area contributed by atoms with Gasteiger partial charge in [-0.1, -0.05) is 256 Å². The molecule has 0 unspecified atom stereocenters. The SMILES string of the molecule is C(=Cc1ccc2c(c1)C1(CCCC1)c1cc3c(cc1-2)C1(CCCC1)c1cc(C=Cc2ccc(-c4ccc5c(c4)c4ccccc4n5-c4cccc5ccccc45)cc2)ccc1-3)c1ccc(-c2ccc3c(c2)c2ccccc2n3-c2cccc3ccccc23)cc1. The summed E-state index contributed by atoms with van der Waals surface area (Å²) in [5, 5.41) is 10.1. The van der Waals surface area contributed by atoms with Gasteiger partial charge in [0.25, 0.3) is 0 Å². The molecule has 0 N–H and O–H groups in total. The molecular weight excluding hydrogens is 1080 g/mol. The minimum absolute atomic E-state index is 0.0581. The summed E-state index contributed by atoms with van der Waals surface area (Å²) in [6.07, 6.45) is 19.2. The third kappa shape index (κ3) is 7.77. The van der Waals surface area contributed by atoms with Crippen LogP contribution in [0.3, 0.4) is 0 Å². The second-order valence-corrected chi connectivity index (χ2v) is 26.2. The van der Waals surface area contributed by atoms with E-state index >= 15 is 0 Å². The molecule has 15 aromatic rings. The number of aromatic nitrogens is 2. The smallest absolute Gasteiger partial charge is 0.0541 e. The van der Waals surface area contributed by atoms with Crippen LogP contribution >= 0.6 is 0 Å². The Morgan fingerprint density at radius 3 is 1.03 bits per heavy atom. The number of benzene rings is 13. The van der Waals surface area contributed by atoms with Gasteiger partial charge in [0.1, 0.15) is 0 Å². The van der Waals surface area contributed by atoms with E-state index in [4.69, 9.17) is 0 Å². The first-order valence-electron chi connectivity index (χ1n) is 32.6. The maximum Gasteiger partial charge on any atom is 0.0541 e. The summed E-state index contributed by atoms with van der Waals surface area (Å²) in [5.41, 5.74) is 29.5. The normalized spacial score (nSPS) is 15.3. The van der Waals surface area contributed by atoms with Crippen molar-refractivity contribution in [2.75, 3.05) is 0 Å². The van der Waals surface area contributed by atoms with Crippen molar-refractivity contribution in [3.05, 3.63) is 311 Å². The molecule has 2 aromatic heterocycles. The lowest BCUT2D eigenvalue weighted by Gasteiger charge is -2.29. The fourth-order valence-corrected chi connectivity index (χ4v) is 17.3. The van der Waals surface area contributed by atoms with Crippen LogP contribution in [0.15, 0.2) is 267 Å². The molecule has 0 saturated heterocycles. The Morgan fingerprint density at radius 2 is 0.589 bits per heavy atom. The molecule has 19 rings (SSSR count). The average Bonchev–Trinajstić information content (AvgIpc) is 1.56. The summed E-state index contributed by atoms with van der Waals surface area (Å²) < 4.78 is 4.88. The van der Waals surface area contributed by atoms with Crippen LogP contribution in [0.4, 0.5) is 0 Å². The number of rotatable bonds is 8. The molecule has 0 amide bonds. The Bertz CT molecular complexity index is 5180. The number of hydrogen-bond acceptors (Lipinski definition) is 0. The third-order valence-electron chi connectivity index (χ3n) is 21.6. The van der Waals surface area contributed by atoms with Crippen LogP contribution in [0.5, 0.6) is 0 Å². The van der Waals surface area contributed by atoms with E-state index in [2.05, 4.69) is 300 Å². The number of nitrogens with zero attached hydrogens (tertiary/aromatic N) is 2. The highest BCUT2D eigenvalue weighted by Gasteiger charge is 2.50. The number of fused-ring (bicyclic) bond motifs is 18. The van der Waals surface area contributed by atoms with Gasteiger partial charge in [-0.15, -0.1) is 0 Å². The van der Waals surface area contributed by atoms with E-state index < -0.39 is 0 Å². The third-order valence-corrected chi connectivity index (χ3v) is 21.6. The van der Waals surface area contributed by atoms with Crippen molar-refractivity contribution >= 4 is 89.5 Å². The quantitative estimate of drug-likeness (QED) is 0.134. The Balaban J connectivity index is 0.590. The second-order valence-electron chi connectivity index (χ2n) is 26.2. The van der Waals surface area contributed by atoms with Crippen molar-refractivity contribution in [2.45, 2.75) is 62.2 Å². The van der Waals surface area contributed by atoms with Crippen LogP contribution < -0.4 is 0 Å². The lowest BCUT2D eigenvalue weighted by Crippen LogP contribution is -2.22. The average molecular weight is 1150 g/mol. The lowest BCUT2D eigenvalue weighted by molar-refractivity contribution is 0.543. The van der Waals surface area contributed by atoms with Gasteiger partial charge in [0.15, 0.2) is 0 Å². The van der Waals surface area contributed by atoms with Crippen LogP contribution in [0.1, 0.15) is 95.9 Å². The summed E-state index contributed by atoms with van der Waals surface area (Å²) in [6, 6.07) is 101. The summed E-state index contributed by atoms with van der Waals surface area (Å²) in [5.74, 6) is 0. The number of para-hydroxylation sites is 2. The molecule has 2 spiro atoms. The zero-order valence-electron chi connectivity index (χ0n) is 50.3. The van der Waals surface area contributed by atoms with E-state index in [9.17, 15) is 0 Å². The van der Waals surface area contributed by atoms with Crippen molar-refractivity contribution < 1.29 is 0 Å². The van der Waals surface area contributed by atoms with Gasteiger partial charge < -0.3 is 9.13 Å². The molecule has 4 aliphatic carbocycles. The van der Waals surface area contributed by atoms with Gasteiger partial charge >= 0.3 is 0 Å². The highest BCUT2D eigenvalue weighted by molar-refractivity contribution is 6.13. The van der Waals surface area contributed by atoms with E-state index in [1.54, 1.807) is 22.3 Å². The maximum absolute atomic E-state index is 2.69. The summed E-state index contributed by atoms with van der Waals surface area (Å²) >= 11 is 0. The zero-order valence-corrected chi connectivity index (χ0v) is 50.3. The topological polar surface area (TPSA) is 9.86 Å². The lowest BCUT2D eigenvalue weighted by atomic mass is 9.74. The molecule has 0 bridgehead atoms. The second kappa shape index (κ2) is 20.0. The summed E-state index contributed by atoms with van der Waals surface area (Å²) in [6.45, 7) is 0. The molecule has 2 fully saturated rings. The minimum Gasteiger partial charge on any atom is -0.309 e. The van der Waals surface area contributed by atoms with Gasteiger partial charge in [0, 0.05) is 43.1 Å². The van der Waals surface area contributed by atoms with Crippen LogP contribution in [0, 0.1) is 0 Å². The van der Waals surface area contributed by atoms with Crippen LogP contribution in [-0.2, 0) is 10.8 Å². The van der Waals surface area contributed by atoms with Crippen molar-refractivity contribution in [3.63, 3.8) is 0 Å². The minimum atomic E-state index is 0.0581. The van der Waals surface area contributed by atoms with E-state index in [-0.39, 0.29) is 10.8 Å². The predicted octanol–water partition coefficient (Wildman–Crippen LogP) is 23.5. The van der Waals surface area contributed by atoms with Crippen molar-refractivity contribution in [1.82, 2.24) is 9.13 Å². The standard InChI is InChI=1S/C88H64N2/c1-3-19-67-63(15-1)17-13-25-81(67)89-83-23-7-5-21-71(83)75-53-65(41-45-85(75)89)61-37-31-57(32-38-61)27-29-59-35-43-69-73-55-80-74(56-79(73)87(77(69)51-59)47-9-10-48-87)70-44-36-60(52-78(70)88(80)49-11-12-50-88)30-28-58-33-39-62(40-34-58)66-42-46-86-76(54-66)72-22-6-8-24-84(72)90(86)82-26-14-18-64-16-2-4-20-68(64)82/h1-8,13-46,51-56H,9-12,47-50H2. The van der Waals surface area contributed by atoms with Gasteiger partial charge in [-0.3, -0.25) is 0 Å². The predicted molar refractivity (Wildman–Crippen MR) is 381 cm³/mol. The monoisotopic (exact) mass is 1150 g/mol. The molecular formula is C88H64N2. The van der Waals surface area contributed by atoms with E-state index in [0.29, 0.717) is 0 Å². The molecule has 2 saturated carbocycles. The molecule has 0 atom stereocenters. The molecule has 426 valence electrons. The van der Waals surface area contributed by atoms with E-state index in [0.717, 1.165) is 0 Å². The zero-order chi connectivity index (χ0) is 59.1. The van der Waals surface area contributed by atoms with Gasteiger partial charge in [-0.25, -0.2) is 0 Å². The molecule has 4 aliphatic rings. The molecule has 0 aliphatic heterocycles. The van der Waals surface area contributed by atoms with Crippen LogP contribution in [0.25, 0.3) is 145 Å². The van der Waals surface area contributed by atoms with Gasteiger partial charge in [-0.05, 0) is 186 Å². The van der Waals surface area contributed by atoms with Crippen molar-refractivity contribution in [3.8, 4) is 55.9 Å². The van der Waals surface area contributed by atoms with E-state index in [1.165, 1.54) is 195 Å². The Hall–Kier alpha value is -10.5. The molecule has 13 aromatic carbocycles. The van der Waals surface area contributed by atoms with Crippen molar-refractivity contribution in [2.24, 2.45) is 0 Å². The maximum atomic E-state index is 2.69. The van der Waals surface area contributed by atoms with Crippen LogP contribution in [-0.4, -0.2) is 9.13 Å². The van der Waals surface area contributed by atoms with E-state index in [1.807, 2.05) is 0 Å². The summed E-state index contributed by atoms with van der Waals surface area (Å²) in [7, 11) is 0. The Kier molecular flexibility index (Phi) is 11.4. The van der Waals surface area contributed by atoms with Crippen molar-refractivity contribution in [1.29, 1.82) is 0 Å². The van der Waals surface area contributed by atoms with Crippen LogP contribution in [0.2, 0.25) is 0 Å². The molecule has 2 nitrogen and oxygen atoms in total. The molecule has 0 radical (unpaired) electrons. The largest absolute Gasteiger partial charge is 0.309 e. The molecule has 2 heteroatoms. The Labute approximate surface area is 525 Å². The fraction of sp³-hybridized carbons (Fsp3) is 0.114. The first-order valence-corrected chi connectivity index (χ1v) is 32.6. The van der Waals surface area contributed by atoms with Gasteiger partial charge in [-0.2, -0.15) is 0 Å². The highest BCUT2D eigenvalue weighted by atomic mass is 15.0. The fourth-order valence-electron chi connectivity index (χ4n) is 17.3. The highest BCUT2D eigenvalue weighted by Crippen LogP contribution is 2.63.